The molecule has 0 bridgehead atoms. The van der Waals surface area contributed by atoms with Crippen molar-refractivity contribution in [1.29, 1.82) is 0 Å². The normalized spacial score (nSPS) is 12.1. The third-order valence-corrected chi connectivity index (χ3v) is 5.38. The first-order chi connectivity index (χ1) is 14.4. The number of thioether (sulfide) groups is 1. The first kappa shape index (κ1) is 21.8. The van der Waals surface area contributed by atoms with E-state index in [9.17, 15) is 9.18 Å². The summed E-state index contributed by atoms with van der Waals surface area (Å²) < 4.78 is 26.2. The van der Waals surface area contributed by atoms with E-state index in [0.29, 0.717) is 22.3 Å². The van der Waals surface area contributed by atoms with Crippen molar-refractivity contribution >= 4 is 17.5 Å². The molecule has 0 spiro atoms. The quantitative estimate of drug-likeness (QED) is 0.347. The number of carbonyl (C=O) groups is 1. The number of ketones is 1. The Bertz CT molecular complexity index is 988. The molecule has 1 unspecified atom stereocenters. The van der Waals surface area contributed by atoms with E-state index >= 15 is 0 Å². The molecule has 1 aromatic heterocycles. The molecule has 0 amide bonds. The molecule has 0 radical (unpaired) electrons. The lowest BCUT2D eigenvalue weighted by atomic mass is 10.1. The van der Waals surface area contributed by atoms with Crippen LogP contribution in [0.1, 0.15) is 49.1 Å². The van der Waals surface area contributed by atoms with Crippen molar-refractivity contribution in [1.82, 2.24) is 14.8 Å². The average molecular weight is 430 g/mol. The zero-order valence-electron chi connectivity index (χ0n) is 17.3. The lowest BCUT2D eigenvalue weighted by Crippen LogP contribution is -2.14. The highest BCUT2D eigenvalue weighted by Gasteiger charge is 2.22. The summed E-state index contributed by atoms with van der Waals surface area (Å²) in [6.45, 7) is 5.96. The monoisotopic (exact) mass is 429 g/mol. The van der Waals surface area contributed by atoms with Gasteiger partial charge in [0.15, 0.2) is 22.9 Å². The smallest absolute Gasteiger partial charge is 0.192 e. The maximum Gasteiger partial charge on any atom is 0.192 e. The summed E-state index contributed by atoms with van der Waals surface area (Å²) in [6.07, 6.45) is -0.338. The number of aromatic nitrogens is 3. The zero-order chi connectivity index (χ0) is 21.7. The molecule has 6 nitrogen and oxygen atoms in total. The fourth-order valence-corrected chi connectivity index (χ4v) is 3.88. The summed E-state index contributed by atoms with van der Waals surface area (Å²) in [5, 5.41) is 9.22. The van der Waals surface area contributed by atoms with Gasteiger partial charge in [0.05, 0.1) is 12.9 Å². The van der Waals surface area contributed by atoms with Crippen LogP contribution in [0.4, 0.5) is 4.39 Å². The largest absolute Gasteiger partial charge is 0.497 e. The number of nitrogens with zero attached hydrogens (tertiary/aromatic N) is 3. The van der Waals surface area contributed by atoms with Crippen LogP contribution in [0.3, 0.4) is 0 Å². The summed E-state index contributed by atoms with van der Waals surface area (Å²) in [7, 11) is 1.61. The van der Waals surface area contributed by atoms with Gasteiger partial charge in [0, 0.05) is 11.6 Å². The number of carbonyl (C=O) groups excluding carboxylic acids is 1. The number of hydrogen-bond donors (Lipinski definition) is 0. The Morgan fingerprint density at radius 2 is 1.67 bits per heavy atom. The van der Waals surface area contributed by atoms with E-state index in [-0.39, 0.29) is 29.5 Å². The van der Waals surface area contributed by atoms with Gasteiger partial charge in [0.2, 0.25) is 0 Å². The molecular formula is C22H24FN3O3S. The minimum absolute atomic E-state index is 0.0836. The Balaban J connectivity index is 1.72. The third kappa shape index (κ3) is 5.18. The highest BCUT2D eigenvalue weighted by molar-refractivity contribution is 7.99. The number of methoxy groups -OCH3 is 1. The van der Waals surface area contributed by atoms with Crippen molar-refractivity contribution in [3.05, 3.63) is 65.7 Å². The van der Waals surface area contributed by atoms with Crippen LogP contribution in [-0.4, -0.2) is 33.4 Å². The van der Waals surface area contributed by atoms with Crippen LogP contribution in [0.15, 0.2) is 53.7 Å². The number of halogens is 1. The van der Waals surface area contributed by atoms with Crippen LogP contribution in [-0.2, 0) is 0 Å². The second kappa shape index (κ2) is 9.75. The number of rotatable bonds is 9. The minimum atomic E-state index is -0.366. The summed E-state index contributed by atoms with van der Waals surface area (Å²) in [6, 6.07) is 13.0. The lowest BCUT2D eigenvalue weighted by Gasteiger charge is -2.19. The first-order valence-electron chi connectivity index (χ1n) is 9.56. The lowest BCUT2D eigenvalue weighted by molar-refractivity contribution is 0.102. The van der Waals surface area contributed by atoms with Crippen molar-refractivity contribution in [2.75, 3.05) is 12.9 Å². The van der Waals surface area contributed by atoms with Gasteiger partial charge in [-0.25, -0.2) is 4.39 Å². The molecule has 8 heteroatoms. The number of ether oxygens (including phenoxy) is 2. The van der Waals surface area contributed by atoms with E-state index in [1.54, 1.807) is 7.11 Å². The van der Waals surface area contributed by atoms with Crippen molar-refractivity contribution in [2.45, 2.75) is 38.1 Å². The predicted octanol–water partition coefficient (Wildman–Crippen LogP) is 5.12. The van der Waals surface area contributed by atoms with Gasteiger partial charge in [0.1, 0.15) is 17.3 Å². The Morgan fingerprint density at radius 3 is 2.27 bits per heavy atom. The van der Waals surface area contributed by atoms with Crippen LogP contribution >= 0.6 is 11.8 Å². The molecule has 0 fully saturated rings. The van der Waals surface area contributed by atoms with Gasteiger partial charge in [0.25, 0.3) is 0 Å². The van der Waals surface area contributed by atoms with E-state index in [4.69, 9.17) is 9.47 Å². The summed E-state index contributed by atoms with van der Waals surface area (Å²) >= 11 is 1.31. The van der Waals surface area contributed by atoms with E-state index in [0.717, 1.165) is 5.75 Å². The molecule has 3 rings (SSSR count). The number of benzene rings is 2. The molecule has 3 aromatic rings. The third-order valence-electron chi connectivity index (χ3n) is 4.44. The van der Waals surface area contributed by atoms with Crippen LogP contribution in [0.5, 0.6) is 11.5 Å². The average Bonchev–Trinajstić information content (AvgIpc) is 3.17. The van der Waals surface area contributed by atoms with E-state index in [1.807, 2.05) is 49.6 Å². The minimum Gasteiger partial charge on any atom is -0.497 e. The van der Waals surface area contributed by atoms with Crippen LogP contribution in [0.25, 0.3) is 0 Å². The molecule has 30 heavy (non-hydrogen) atoms. The fourth-order valence-electron chi connectivity index (χ4n) is 2.91. The van der Waals surface area contributed by atoms with Crippen LogP contribution in [0, 0.1) is 5.82 Å². The Kier molecular flexibility index (Phi) is 7.10. The maximum atomic E-state index is 13.1. The maximum absolute atomic E-state index is 13.1. The zero-order valence-corrected chi connectivity index (χ0v) is 18.1. The number of Topliss-reactive ketones (excluding diaryl/α,β-unsaturated/α-hetero) is 1. The fraction of sp³-hybridized carbons (Fsp3) is 0.318. The van der Waals surface area contributed by atoms with Crippen LogP contribution in [0.2, 0.25) is 0 Å². The Morgan fingerprint density at radius 1 is 1.03 bits per heavy atom. The van der Waals surface area contributed by atoms with Crippen molar-refractivity contribution in [3.8, 4) is 11.5 Å². The highest BCUT2D eigenvalue weighted by Crippen LogP contribution is 2.28. The highest BCUT2D eigenvalue weighted by atomic mass is 32.2. The van der Waals surface area contributed by atoms with Gasteiger partial charge in [-0.15, -0.1) is 10.2 Å². The first-order valence-corrected chi connectivity index (χ1v) is 10.5. The molecule has 2 aromatic carbocycles. The van der Waals surface area contributed by atoms with Gasteiger partial charge in [-0.2, -0.15) is 0 Å². The van der Waals surface area contributed by atoms with Gasteiger partial charge < -0.3 is 14.0 Å². The SMILES string of the molecule is COc1ccc(OC(C)c2nnc(SCC(=O)c3ccc(F)cc3)n2C(C)C)cc1. The second-order valence-corrected chi connectivity index (χ2v) is 7.90. The van der Waals surface area contributed by atoms with Crippen molar-refractivity contribution in [2.24, 2.45) is 0 Å². The predicted molar refractivity (Wildman–Crippen MR) is 114 cm³/mol. The standard InChI is InChI=1S/C22H24FN3O3S/c1-14(2)26-21(15(3)29-19-11-9-18(28-4)10-12-19)24-25-22(26)30-13-20(27)16-5-7-17(23)8-6-16/h5-12,14-15H,13H2,1-4H3. The molecular weight excluding hydrogens is 405 g/mol. The molecule has 158 valence electrons. The summed E-state index contributed by atoms with van der Waals surface area (Å²) in [5.74, 6) is 1.85. The van der Waals surface area contributed by atoms with Crippen LogP contribution < -0.4 is 9.47 Å². The van der Waals surface area contributed by atoms with Gasteiger partial charge >= 0.3 is 0 Å². The molecule has 0 saturated carbocycles. The summed E-state index contributed by atoms with van der Waals surface area (Å²) in [5.41, 5.74) is 0.468. The molecule has 1 atom stereocenters. The molecule has 0 N–H and O–H groups in total. The molecule has 1 heterocycles. The molecule has 0 aliphatic carbocycles. The Hall–Kier alpha value is -2.87. The molecule has 0 aliphatic heterocycles. The molecule has 0 saturated heterocycles. The van der Waals surface area contributed by atoms with E-state index in [2.05, 4.69) is 10.2 Å². The van der Waals surface area contributed by atoms with E-state index in [1.165, 1.54) is 36.0 Å². The van der Waals surface area contributed by atoms with Crippen molar-refractivity contribution in [3.63, 3.8) is 0 Å². The van der Waals surface area contributed by atoms with E-state index < -0.39 is 0 Å². The second-order valence-electron chi connectivity index (χ2n) is 6.96. The Labute approximate surface area is 179 Å². The topological polar surface area (TPSA) is 66.2 Å². The number of hydrogen-bond acceptors (Lipinski definition) is 6. The summed E-state index contributed by atoms with van der Waals surface area (Å²) in [4.78, 5) is 12.4. The van der Waals surface area contributed by atoms with Gasteiger partial charge in [-0.3, -0.25) is 4.79 Å². The van der Waals surface area contributed by atoms with Crippen molar-refractivity contribution < 1.29 is 18.7 Å². The molecule has 0 aliphatic rings. The van der Waals surface area contributed by atoms with Gasteiger partial charge in [-0.1, -0.05) is 11.8 Å². The van der Waals surface area contributed by atoms with Gasteiger partial charge in [-0.05, 0) is 69.3 Å².